The van der Waals surface area contributed by atoms with E-state index in [2.05, 4.69) is 10.6 Å². The third-order valence-corrected chi connectivity index (χ3v) is 3.71. The molecule has 1 aromatic rings. The van der Waals surface area contributed by atoms with Gasteiger partial charge in [0.05, 0.1) is 17.1 Å². The number of rotatable bonds is 6. The lowest BCUT2D eigenvalue weighted by Gasteiger charge is -2.29. The number of benzene rings is 1. The Hall–Kier alpha value is -2.17. The average Bonchev–Trinajstić information content (AvgIpc) is 2.93. The number of para-hydroxylation sites is 1. The van der Waals surface area contributed by atoms with E-state index in [1.165, 1.54) is 6.07 Å². The third-order valence-electron chi connectivity index (χ3n) is 3.71. The van der Waals surface area contributed by atoms with E-state index >= 15 is 0 Å². The zero-order chi connectivity index (χ0) is 15.3. The minimum atomic E-state index is -0.522. The summed E-state index contributed by atoms with van der Waals surface area (Å²) in [5.41, 5.74) is 0.0320. The smallest absolute Gasteiger partial charge is 0.309 e. The molecular formula is C14H18N4O3. The molecule has 0 saturated carbocycles. The van der Waals surface area contributed by atoms with Gasteiger partial charge < -0.3 is 15.4 Å². The van der Waals surface area contributed by atoms with Crippen molar-refractivity contribution >= 4 is 11.4 Å². The van der Waals surface area contributed by atoms with E-state index in [-0.39, 0.29) is 16.8 Å². The molecule has 0 spiro atoms. The second-order valence-corrected chi connectivity index (χ2v) is 5.17. The summed E-state index contributed by atoms with van der Waals surface area (Å²) in [6.45, 7) is 1.95. The van der Waals surface area contributed by atoms with Crippen molar-refractivity contribution < 1.29 is 9.66 Å². The predicted octanol–water partition coefficient (Wildman–Crippen LogP) is 1.65. The van der Waals surface area contributed by atoms with Crippen LogP contribution < -0.4 is 10.6 Å². The largest absolute Gasteiger partial charge is 0.383 e. The number of hydrogen-bond acceptors (Lipinski definition) is 6. The minimum Gasteiger partial charge on any atom is -0.383 e. The maximum Gasteiger partial charge on any atom is 0.309 e. The first-order valence-electron chi connectivity index (χ1n) is 6.77. The SMILES string of the molecule is COCC1(CNc2cccc(C#N)c2[N+](=O)[O-])CCCN1. The fourth-order valence-electron chi connectivity index (χ4n) is 2.71. The molecule has 7 nitrogen and oxygen atoms in total. The van der Waals surface area contributed by atoms with Crippen molar-refractivity contribution in [3.8, 4) is 6.07 Å². The molecule has 21 heavy (non-hydrogen) atoms. The Morgan fingerprint density at radius 3 is 3.00 bits per heavy atom. The molecule has 1 aliphatic heterocycles. The molecule has 2 N–H and O–H groups in total. The minimum absolute atomic E-state index is 0.0603. The van der Waals surface area contributed by atoms with E-state index in [0.717, 1.165) is 19.4 Å². The van der Waals surface area contributed by atoms with Gasteiger partial charge in [0.15, 0.2) is 0 Å². The molecule has 7 heteroatoms. The molecule has 0 aliphatic carbocycles. The molecule has 1 aliphatic rings. The van der Waals surface area contributed by atoms with Crippen LogP contribution in [0.4, 0.5) is 11.4 Å². The van der Waals surface area contributed by atoms with Crippen molar-refractivity contribution in [2.24, 2.45) is 0 Å². The number of nitrogens with zero attached hydrogens (tertiary/aromatic N) is 2. The Morgan fingerprint density at radius 2 is 2.43 bits per heavy atom. The molecular weight excluding hydrogens is 272 g/mol. The van der Waals surface area contributed by atoms with Gasteiger partial charge in [-0.15, -0.1) is 0 Å². The van der Waals surface area contributed by atoms with Crippen LogP contribution in [-0.2, 0) is 4.74 Å². The molecule has 1 unspecified atom stereocenters. The van der Waals surface area contributed by atoms with Gasteiger partial charge in [-0.05, 0) is 31.5 Å². The molecule has 1 atom stereocenters. The van der Waals surface area contributed by atoms with Gasteiger partial charge in [-0.1, -0.05) is 6.07 Å². The van der Waals surface area contributed by atoms with Crippen LogP contribution in [0.1, 0.15) is 18.4 Å². The van der Waals surface area contributed by atoms with Gasteiger partial charge in [-0.25, -0.2) is 0 Å². The molecule has 1 aromatic carbocycles. The number of nitriles is 1. The van der Waals surface area contributed by atoms with E-state index < -0.39 is 4.92 Å². The van der Waals surface area contributed by atoms with E-state index in [0.29, 0.717) is 18.8 Å². The average molecular weight is 290 g/mol. The molecule has 0 aromatic heterocycles. The maximum atomic E-state index is 11.2. The number of anilines is 1. The predicted molar refractivity (Wildman–Crippen MR) is 78.1 cm³/mol. The van der Waals surface area contributed by atoms with Crippen molar-refractivity contribution in [1.82, 2.24) is 5.32 Å². The van der Waals surface area contributed by atoms with Crippen LogP contribution in [0.15, 0.2) is 18.2 Å². The van der Waals surface area contributed by atoms with Crippen LogP contribution in [-0.4, -0.2) is 37.3 Å². The van der Waals surface area contributed by atoms with Crippen molar-refractivity contribution in [2.45, 2.75) is 18.4 Å². The van der Waals surface area contributed by atoms with Crippen LogP contribution in [0.5, 0.6) is 0 Å². The first-order valence-corrected chi connectivity index (χ1v) is 6.77. The third kappa shape index (κ3) is 3.29. The Bertz CT molecular complexity index is 562. The molecule has 1 fully saturated rings. The highest BCUT2D eigenvalue weighted by Crippen LogP contribution is 2.29. The molecule has 2 rings (SSSR count). The van der Waals surface area contributed by atoms with Crippen LogP contribution in [0.3, 0.4) is 0 Å². The number of nitro benzene ring substituents is 1. The number of nitrogens with one attached hydrogen (secondary N) is 2. The van der Waals surface area contributed by atoms with Crippen LogP contribution in [0, 0.1) is 21.4 Å². The summed E-state index contributed by atoms with van der Waals surface area (Å²) >= 11 is 0. The number of methoxy groups -OCH3 is 1. The summed E-state index contributed by atoms with van der Waals surface area (Å²) in [5, 5.41) is 26.7. The van der Waals surface area contributed by atoms with E-state index in [1.807, 2.05) is 6.07 Å². The summed E-state index contributed by atoms with van der Waals surface area (Å²) < 4.78 is 5.25. The summed E-state index contributed by atoms with van der Waals surface area (Å²) in [6.07, 6.45) is 1.99. The van der Waals surface area contributed by atoms with Crippen LogP contribution >= 0.6 is 0 Å². The first kappa shape index (κ1) is 15.2. The number of hydrogen-bond donors (Lipinski definition) is 2. The van der Waals surface area contributed by atoms with Gasteiger partial charge >= 0.3 is 5.69 Å². The Balaban J connectivity index is 2.20. The summed E-state index contributed by atoms with van der Waals surface area (Å²) in [7, 11) is 1.64. The van der Waals surface area contributed by atoms with Crippen molar-refractivity contribution in [3.05, 3.63) is 33.9 Å². The summed E-state index contributed by atoms with van der Waals surface area (Å²) in [6, 6.07) is 6.56. The Kier molecular flexibility index (Phi) is 4.73. The highest BCUT2D eigenvalue weighted by atomic mass is 16.6. The lowest BCUT2D eigenvalue weighted by Crippen LogP contribution is -2.49. The fourth-order valence-corrected chi connectivity index (χ4v) is 2.71. The van der Waals surface area contributed by atoms with Gasteiger partial charge in [0.25, 0.3) is 0 Å². The van der Waals surface area contributed by atoms with Gasteiger partial charge in [-0.3, -0.25) is 10.1 Å². The van der Waals surface area contributed by atoms with E-state index in [9.17, 15) is 10.1 Å². The zero-order valence-electron chi connectivity index (χ0n) is 11.9. The molecule has 0 radical (unpaired) electrons. The maximum absolute atomic E-state index is 11.2. The lowest BCUT2D eigenvalue weighted by atomic mass is 9.98. The van der Waals surface area contributed by atoms with Gasteiger partial charge in [0.2, 0.25) is 0 Å². The molecule has 1 saturated heterocycles. The fraction of sp³-hybridized carbons (Fsp3) is 0.500. The second kappa shape index (κ2) is 6.52. The first-order chi connectivity index (χ1) is 10.1. The monoisotopic (exact) mass is 290 g/mol. The zero-order valence-corrected chi connectivity index (χ0v) is 11.9. The van der Waals surface area contributed by atoms with Crippen LogP contribution in [0.25, 0.3) is 0 Å². The van der Waals surface area contributed by atoms with Gasteiger partial charge in [-0.2, -0.15) is 5.26 Å². The molecule has 0 amide bonds. The molecule has 0 bridgehead atoms. The number of nitro groups is 1. The highest BCUT2D eigenvalue weighted by molar-refractivity contribution is 5.68. The van der Waals surface area contributed by atoms with Crippen molar-refractivity contribution in [3.63, 3.8) is 0 Å². The van der Waals surface area contributed by atoms with E-state index in [1.54, 1.807) is 19.2 Å². The lowest BCUT2D eigenvalue weighted by molar-refractivity contribution is -0.384. The highest BCUT2D eigenvalue weighted by Gasteiger charge is 2.34. The van der Waals surface area contributed by atoms with Gasteiger partial charge in [0.1, 0.15) is 17.3 Å². The molecule has 112 valence electrons. The van der Waals surface area contributed by atoms with Crippen molar-refractivity contribution in [2.75, 3.05) is 32.1 Å². The van der Waals surface area contributed by atoms with Gasteiger partial charge in [0, 0.05) is 13.7 Å². The Labute approximate surface area is 123 Å². The van der Waals surface area contributed by atoms with Crippen LogP contribution in [0.2, 0.25) is 0 Å². The summed E-state index contributed by atoms with van der Waals surface area (Å²) in [4.78, 5) is 10.7. The molecule has 1 heterocycles. The van der Waals surface area contributed by atoms with Crippen molar-refractivity contribution in [1.29, 1.82) is 5.26 Å². The number of ether oxygens (including phenoxy) is 1. The quantitative estimate of drug-likeness (QED) is 0.610. The standard InChI is InChI=1S/C14H18N4O3/c1-21-10-14(6-3-7-17-14)9-16-12-5-2-4-11(8-15)13(12)18(19)20/h2,4-5,16-17H,3,6-7,9-10H2,1H3. The second-order valence-electron chi connectivity index (χ2n) is 5.17. The summed E-state index contributed by atoms with van der Waals surface area (Å²) in [5.74, 6) is 0. The van der Waals surface area contributed by atoms with E-state index in [4.69, 9.17) is 10.00 Å². The normalized spacial score (nSPS) is 21.0. The topological polar surface area (TPSA) is 100 Å². The Morgan fingerprint density at radius 1 is 1.62 bits per heavy atom.